The second-order valence-electron chi connectivity index (χ2n) is 3.75. The van der Waals surface area contributed by atoms with Crippen molar-refractivity contribution in [2.24, 2.45) is 5.41 Å². The molecule has 0 aromatic heterocycles. The average Bonchev–Trinajstić information content (AvgIpc) is 2.18. The van der Waals surface area contributed by atoms with Crippen molar-refractivity contribution < 1.29 is 9.90 Å². The Morgan fingerprint density at radius 3 is 2.31 bits per heavy atom. The quantitative estimate of drug-likeness (QED) is 0.718. The lowest BCUT2D eigenvalue weighted by molar-refractivity contribution is -0.120. The van der Waals surface area contributed by atoms with Gasteiger partial charge in [0.1, 0.15) is 6.29 Å². The number of rotatable bonds is 3. The smallest absolute Gasteiger partial charge is 0.128 e. The molecule has 0 spiro atoms. The number of aldehydes is 1. The molecule has 1 rings (SSSR count). The first-order valence-corrected chi connectivity index (χ1v) is 4.27. The fourth-order valence-corrected chi connectivity index (χ4v) is 1.13. The molecule has 0 aliphatic rings. The van der Waals surface area contributed by atoms with Gasteiger partial charge in [-0.05, 0) is 5.56 Å². The van der Waals surface area contributed by atoms with Crippen LogP contribution in [0, 0.1) is 5.41 Å². The van der Waals surface area contributed by atoms with Crippen molar-refractivity contribution in [2.75, 3.05) is 0 Å². The molecular formula is C11H14O2. The van der Waals surface area contributed by atoms with E-state index >= 15 is 0 Å². The van der Waals surface area contributed by atoms with Crippen LogP contribution in [-0.4, -0.2) is 11.4 Å². The Bertz CT molecular complexity index is 277. The van der Waals surface area contributed by atoms with Crippen molar-refractivity contribution in [3.05, 3.63) is 35.9 Å². The van der Waals surface area contributed by atoms with Crippen molar-refractivity contribution in [3.8, 4) is 0 Å². The topological polar surface area (TPSA) is 37.3 Å². The fourth-order valence-electron chi connectivity index (χ4n) is 1.13. The molecule has 0 bridgehead atoms. The molecular weight excluding hydrogens is 164 g/mol. The summed E-state index contributed by atoms with van der Waals surface area (Å²) in [6.45, 7) is 3.44. The summed E-state index contributed by atoms with van der Waals surface area (Å²) >= 11 is 0. The summed E-state index contributed by atoms with van der Waals surface area (Å²) < 4.78 is 0. The van der Waals surface area contributed by atoms with Crippen molar-refractivity contribution in [2.45, 2.75) is 20.0 Å². The van der Waals surface area contributed by atoms with Crippen molar-refractivity contribution in [3.63, 3.8) is 0 Å². The number of benzene rings is 1. The van der Waals surface area contributed by atoms with Gasteiger partial charge >= 0.3 is 0 Å². The van der Waals surface area contributed by atoms with E-state index in [9.17, 15) is 9.90 Å². The summed E-state index contributed by atoms with van der Waals surface area (Å²) in [4.78, 5) is 10.7. The van der Waals surface area contributed by atoms with E-state index in [-0.39, 0.29) is 0 Å². The van der Waals surface area contributed by atoms with E-state index < -0.39 is 11.5 Å². The Labute approximate surface area is 78.2 Å². The Hall–Kier alpha value is -1.15. The molecule has 2 heteroatoms. The number of hydrogen-bond donors (Lipinski definition) is 1. The summed E-state index contributed by atoms with van der Waals surface area (Å²) in [5.74, 6) is 0. The van der Waals surface area contributed by atoms with E-state index in [0.717, 1.165) is 11.8 Å². The van der Waals surface area contributed by atoms with Crippen LogP contribution in [-0.2, 0) is 4.79 Å². The lowest BCUT2D eigenvalue weighted by atomic mass is 9.84. The molecule has 13 heavy (non-hydrogen) atoms. The summed E-state index contributed by atoms with van der Waals surface area (Å²) in [6.07, 6.45) is 0.0520. The zero-order chi connectivity index (χ0) is 9.90. The number of aliphatic hydroxyl groups is 1. The molecule has 1 unspecified atom stereocenters. The molecule has 0 saturated heterocycles. The van der Waals surface area contributed by atoms with Crippen LogP contribution < -0.4 is 0 Å². The van der Waals surface area contributed by atoms with E-state index in [1.807, 2.05) is 30.3 Å². The van der Waals surface area contributed by atoms with E-state index in [4.69, 9.17) is 0 Å². The molecule has 2 nitrogen and oxygen atoms in total. The van der Waals surface area contributed by atoms with E-state index in [1.165, 1.54) is 0 Å². The third-order valence-corrected chi connectivity index (χ3v) is 2.12. The van der Waals surface area contributed by atoms with Gasteiger partial charge in [-0.3, -0.25) is 0 Å². The Morgan fingerprint density at radius 1 is 1.31 bits per heavy atom. The first-order chi connectivity index (χ1) is 6.08. The third kappa shape index (κ3) is 2.16. The van der Waals surface area contributed by atoms with Crippen LogP contribution in [0.2, 0.25) is 0 Å². The second kappa shape index (κ2) is 3.71. The molecule has 1 atom stereocenters. The zero-order valence-corrected chi connectivity index (χ0v) is 7.90. The predicted molar refractivity (Wildman–Crippen MR) is 51.2 cm³/mol. The Balaban J connectivity index is 2.91. The highest BCUT2D eigenvalue weighted by Crippen LogP contribution is 2.30. The van der Waals surface area contributed by atoms with Gasteiger partial charge in [-0.25, -0.2) is 0 Å². The Kier molecular flexibility index (Phi) is 2.83. The van der Waals surface area contributed by atoms with Crippen LogP contribution in [0.25, 0.3) is 0 Å². The van der Waals surface area contributed by atoms with Gasteiger partial charge in [-0.1, -0.05) is 44.2 Å². The van der Waals surface area contributed by atoms with Crippen LogP contribution in [0.5, 0.6) is 0 Å². The maximum Gasteiger partial charge on any atom is 0.128 e. The van der Waals surface area contributed by atoms with Crippen LogP contribution >= 0.6 is 0 Å². The van der Waals surface area contributed by atoms with Gasteiger partial charge < -0.3 is 9.90 Å². The van der Waals surface area contributed by atoms with Gasteiger partial charge in [0.25, 0.3) is 0 Å². The summed E-state index contributed by atoms with van der Waals surface area (Å²) in [7, 11) is 0. The first kappa shape index (κ1) is 9.93. The minimum absolute atomic E-state index is 0.721. The summed E-state index contributed by atoms with van der Waals surface area (Å²) in [5, 5.41) is 9.82. The second-order valence-corrected chi connectivity index (χ2v) is 3.75. The van der Waals surface area contributed by atoms with E-state index in [0.29, 0.717) is 0 Å². The summed E-state index contributed by atoms with van der Waals surface area (Å²) in [6, 6.07) is 9.20. The lowest BCUT2D eigenvalue weighted by Gasteiger charge is -2.24. The molecule has 0 aliphatic carbocycles. The Morgan fingerprint density at radius 2 is 1.85 bits per heavy atom. The lowest BCUT2D eigenvalue weighted by Crippen LogP contribution is -2.23. The van der Waals surface area contributed by atoms with E-state index in [2.05, 4.69) is 0 Å². The third-order valence-electron chi connectivity index (χ3n) is 2.12. The average molecular weight is 178 g/mol. The largest absolute Gasteiger partial charge is 0.387 e. The molecule has 0 amide bonds. The predicted octanol–water partition coefficient (Wildman–Crippen LogP) is 1.95. The molecule has 1 N–H and O–H groups in total. The molecule has 0 saturated carbocycles. The SMILES string of the molecule is CC(C)(C=O)C(O)c1ccccc1. The highest BCUT2D eigenvalue weighted by atomic mass is 16.3. The van der Waals surface area contributed by atoms with Crippen molar-refractivity contribution in [1.29, 1.82) is 0 Å². The van der Waals surface area contributed by atoms with Gasteiger partial charge in [-0.15, -0.1) is 0 Å². The van der Waals surface area contributed by atoms with Crippen LogP contribution in [0.3, 0.4) is 0 Å². The highest BCUT2D eigenvalue weighted by molar-refractivity contribution is 5.59. The summed E-state index contributed by atoms with van der Waals surface area (Å²) in [5.41, 5.74) is 0.0565. The van der Waals surface area contributed by atoms with Gasteiger partial charge in [0, 0.05) is 0 Å². The van der Waals surface area contributed by atoms with Gasteiger partial charge in [-0.2, -0.15) is 0 Å². The molecule has 0 fully saturated rings. The molecule has 1 aromatic carbocycles. The molecule has 0 radical (unpaired) electrons. The number of carbonyl (C=O) groups is 1. The van der Waals surface area contributed by atoms with E-state index in [1.54, 1.807) is 13.8 Å². The van der Waals surface area contributed by atoms with Crippen molar-refractivity contribution in [1.82, 2.24) is 0 Å². The van der Waals surface area contributed by atoms with Gasteiger partial charge in [0.2, 0.25) is 0 Å². The molecule has 70 valence electrons. The molecule has 0 aliphatic heterocycles. The number of aliphatic hydroxyl groups excluding tert-OH is 1. The van der Waals surface area contributed by atoms with Crippen LogP contribution in [0.4, 0.5) is 0 Å². The fraction of sp³-hybridized carbons (Fsp3) is 0.364. The highest BCUT2D eigenvalue weighted by Gasteiger charge is 2.28. The maximum absolute atomic E-state index is 10.7. The zero-order valence-electron chi connectivity index (χ0n) is 7.90. The van der Waals surface area contributed by atoms with Gasteiger partial charge in [0.15, 0.2) is 0 Å². The normalized spacial score (nSPS) is 13.8. The van der Waals surface area contributed by atoms with Crippen LogP contribution in [0.15, 0.2) is 30.3 Å². The molecule has 1 aromatic rings. The monoisotopic (exact) mass is 178 g/mol. The van der Waals surface area contributed by atoms with Crippen LogP contribution in [0.1, 0.15) is 25.5 Å². The minimum atomic E-state index is -0.730. The van der Waals surface area contributed by atoms with Gasteiger partial charge in [0.05, 0.1) is 11.5 Å². The minimum Gasteiger partial charge on any atom is -0.387 e. The molecule has 0 heterocycles. The number of carbonyl (C=O) groups excluding carboxylic acids is 1. The first-order valence-electron chi connectivity index (χ1n) is 4.27. The maximum atomic E-state index is 10.7. The standard InChI is InChI=1S/C11H14O2/c1-11(2,8-12)10(13)9-6-4-3-5-7-9/h3-8,10,13H,1-2H3. The number of hydrogen-bond acceptors (Lipinski definition) is 2. The van der Waals surface area contributed by atoms with Crippen molar-refractivity contribution >= 4 is 6.29 Å².